The van der Waals surface area contributed by atoms with Gasteiger partial charge in [-0.2, -0.15) is 5.10 Å². The van der Waals surface area contributed by atoms with Crippen molar-refractivity contribution in [1.29, 1.82) is 0 Å². The molecule has 4 rings (SSSR count). The van der Waals surface area contributed by atoms with E-state index in [2.05, 4.69) is 15.5 Å². The van der Waals surface area contributed by atoms with Gasteiger partial charge in [0, 0.05) is 30.6 Å². The Morgan fingerprint density at radius 3 is 2.71 bits per heavy atom. The van der Waals surface area contributed by atoms with Crippen LogP contribution in [0.1, 0.15) is 36.2 Å². The molecule has 1 aromatic carbocycles. The quantitative estimate of drug-likeness (QED) is 0.885. The first kappa shape index (κ1) is 12.8. The molecule has 21 heavy (non-hydrogen) atoms. The van der Waals surface area contributed by atoms with E-state index in [-0.39, 0.29) is 5.91 Å². The van der Waals surface area contributed by atoms with Gasteiger partial charge in [0.15, 0.2) is 5.69 Å². The van der Waals surface area contributed by atoms with E-state index in [1.807, 2.05) is 36.2 Å². The third-order valence-electron chi connectivity index (χ3n) is 4.99. The zero-order chi connectivity index (χ0) is 14.4. The van der Waals surface area contributed by atoms with Crippen LogP contribution in [0.5, 0.6) is 0 Å². The van der Waals surface area contributed by atoms with Crippen molar-refractivity contribution in [2.75, 3.05) is 7.05 Å². The van der Waals surface area contributed by atoms with Crippen molar-refractivity contribution in [3.63, 3.8) is 0 Å². The molecule has 110 valence electrons. The number of hydrogen-bond acceptors (Lipinski definition) is 3. The predicted octanol–water partition coefficient (Wildman–Crippen LogP) is 1.92. The Morgan fingerprint density at radius 2 is 1.95 bits per heavy atom. The maximum atomic E-state index is 12.8. The van der Waals surface area contributed by atoms with Crippen LogP contribution in [-0.4, -0.2) is 46.2 Å². The molecule has 0 saturated carbocycles. The van der Waals surface area contributed by atoms with E-state index in [1.165, 1.54) is 12.8 Å². The first-order valence-electron chi connectivity index (χ1n) is 7.68. The molecule has 1 aromatic heterocycles. The summed E-state index contributed by atoms with van der Waals surface area (Å²) in [6.45, 7) is 0. The van der Waals surface area contributed by atoms with Crippen LogP contribution in [0.4, 0.5) is 0 Å². The van der Waals surface area contributed by atoms with Crippen LogP contribution >= 0.6 is 0 Å². The van der Waals surface area contributed by atoms with E-state index in [9.17, 15) is 4.79 Å². The summed E-state index contributed by atoms with van der Waals surface area (Å²) in [5.41, 5.74) is 1.46. The number of nitrogens with zero attached hydrogens (tertiary/aromatic N) is 2. The summed E-state index contributed by atoms with van der Waals surface area (Å²) in [7, 11) is 1.92. The van der Waals surface area contributed by atoms with E-state index in [0.717, 1.165) is 23.7 Å². The van der Waals surface area contributed by atoms with Gasteiger partial charge >= 0.3 is 0 Å². The fraction of sp³-hybridized carbons (Fsp3) is 0.500. The lowest BCUT2D eigenvalue weighted by atomic mass is 9.98. The van der Waals surface area contributed by atoms with Crippen LogP contribution < -0.4 is 5.32 Å². The van der Waals surface area contributed by atoms with Gasteiger partial charge in [-0.3, -0.25) is 9.89 Å². The molecule has 2 bridgehead atoms. The molecule has 2 fully saturated rings. The maximum Gasteiger partial charge on any atom is 0.274 e. The lowest BCUT2D eigenvalue weighted by Gasteiger charge is -2.35. The Hall–Kier alpha value is -1.88. The Bertz CT molecular complexity index is 668. The van der Waals surface area contributed by atoms with Crippen LogP contribution in [0.3, 0.4) is 0 Å². The second-order valence-corrected chi connectivity index (χ2v) is 6.30. The molecule has 2 N–H and O–H groups in total. The predicted molar refractivity (Wildman–Crippen MR) is 81.2 cm³/mol. The number of piperidine rings is 1. The third-order valence-corrected chi connectivity index (χ3v) is 4.99. The molecule has 2 saturated heterocycles. The number of aromatic amines is 1. The lowest BCUT2D eigenvalue weighted by Crippen LogP contribution is -2.48. The van der Waals surface area contributed by atoms with Crippen LogP contribution in [-0.2, 0) is 0 Å². The summed E-state index contributed by atoms with van der Waals surface area (Å²) in [5.74, 6) is 0.0266. The van der Waals surface area contributed by atoms with Gasteiger partial charge in [-0.1, -0.05) is 18.2 Å². The van der Waals surface area contributed by atoms with Gasteiger partial charge in [0.2, 0.25) is 0 Å². The smallest absolute Gasteiger partial charge is 0.274 e. The van der Waals surface area contributed by atoms with E-state index < -0.39 is 0 Å². The number of nitrogens with one attached hydrogen (secondary N) is 2. The number of para-hydroxylation sites is 1. The Morgan fingerprint density at radius 1 is 1.24 bits per heavy atom. The molecule has 2 unspecified atom stereocenters. The molecule has 0 radical (unpaired) electrons. The number of amides is 1. The molecule has 2 aliphatic heterocycles. The highest BCUT2D eigenvalue weighted by Gasteiger charge is 2.37. The van der Waals surface area contributed by atoms with Crippen molar-refractivity contribution in [3.05, 3.63) is 30.0 Å². The molecule has 2 atom stereocenters. The number of aromatic nitrogens is 2. The average Bonchev–Trinajstić information content (AvgIpc) is 3.09. The average molecular weight is 284 g/mol. The van der Waals surface area contributed by atoms with Gasteiger partial charge in [0.05, 0.1) is 5.52 Å². The van der Waals surface area contributed by atoms with Crippen molar-refractivity contribution in [2.24, 2.45) is 0 Å². The number of carbonyl (C=O) groups is 1. The normalized spacial score (nSPS) is 28.0. The highest BCUT2D eigenvalue weighted by atomic mass is 16.2. The molecule has 2 aliphatic rings. The number of hydrogen-bond donors (Lipinski definition) is 2. The van der Waals surface area contributed by atoms with Crippen LogP contribution in [0.15, 0.2) is 24.3 Å². The van der Waals surface area contributed by atoms with Gasteiger partial charge in [-0.05, 0) is 31.7 Å². The van der Waals surface area contributed by atoms with Crippen LogP contribution in [0, 0.1) is 0 Å². The largest absolute Gasteiger partial charge is 0.337 e. The molecule has 0 spiro atoms. The molecule has 5 nitrogen and oxygen atoms in total. The van der Waals surface area contributed by atoms with Gasteiger partial charge in [-0.15, -0.1) is 0 Å². The zero-order valence-corrected chi connectivity index (χ0v) is 12.2. The lowest BCUT2D eigenvalue weighted by molar-refractivity contribution is 0.0677. The SMILES string of the molecule is CN(C(=O)c1n[nH]c2ccccc12)C1CC2CCC(C1)N2. The maximum absolute atomic E-state index is 12.8. The Labute approximate surface area is 123 Å². The first-order chi connectivity index (χ1) is 10.2. The number of H-pyrrole nitrogens is 1. The monoisotopic (exact) mass is 284 g/mol. The number of carbonyl (C=O) groups excluding carboxylic acids is 1. The van der Waals surface area contributed by atoms with E-state index in [1.54, 1.807) is 0 Å². The number of rotatable bonds is 2. The van der Waals surface area contributed by atoms with Gasteiger partial charge in [0.25, 0.3) is 5.91 Å². The van der Waals surface area contributed by atoms with Crippen LogP contribution in [0.2, 0.25) is 0 Å². The van der Waals surface area contributed by atoms with Crippen molar-refractivity contribution < 1.29 is 4.79 Å². The van der Waals surface area contributed by atoms with Crippen LogP contribution in [0.25, 0.3) is 10.9 Å². The highest BCUT2D eigenvalue weighted by molar-refractivity contribution is 6.04. The fourth-order valence-electron chi connectivity index (χ4n) is 3.80. The number of fused-ring (bicyclic) bond motifs is 3. The third kappa shape index (κ3) is 2.12. The summed E-state index contributed by atoms with van der Waals surface area (Å²) in [5, 5.41) is 11.7. The molecule has 5 heteroatoms. The van der Waals surface area contributed by atoms with Crippen molar-refractivity contribution in [2.45, 2.75) is 43.8 Å². The summed E-state index contributed by atoms with van der Waals surface area (Å²) >= 11 is 0. The molecule has 1 amide bonds. The van der Waals surface area contributed by atoms with Gasteiger partial charge in [0.1, 0.15) is 0 Å². The molecule has 3 heterocycles. The van der Waals surface area contributed by atoms with Crippen molar-refractivity contribution in [1.82, 2.24) is 20.4 Å². The van der Waals surface area contributed by atoms with Gasteiger partial charge < -0.3 is 10.2 Å². The molecule has 0 aliphatic carbocycles. The molecule has 2 aromatic rings. The van der Waals surface area contributed by atoms with Crippen molar-refractivity contribution >= 4 is 16.8 Å². The summed E-state index contributed by atoms with van der Waals surface area (Å²) in [4.78, 5) is 14.7. The second-order valence-electron chi connectivity index (χ2n) is 6.30. The summed E-state index contributed by atoms with van der Waals surface area (Å²) < 4.78 is 0. The second kappa shape index (κ2) is 4.84. The Kier molecular flexibility index (Phi) is 2.96. The topological polar surface area (TPSA) is 61.0 Å². The standard InChI is InChI=1S/C16H20N4O/c1-20(12-8-10-6-7-11(9-12)17-10)16(21)15-13-4-2-3-5-14(13)18-19-15/h2-5,10-12,17H,6-9H2,1H3,(H,18,19). The van der Waals surface area contributed by atoms with E-state index in [0.29, 0.717) is 23.8 Å². The van der Waals surface area contributed by atoms with E-state index in [4.69, 9.17) is 0 Å². The first-order valence-corrected chi connectivity index (χ1v) is 7.68. The Balaban J connectivity index is 1.59. The summed E-state index contributed by atoms with van der Waals surface area (Å²) in [6.07, 6.45) is 4.60. The minimum Gasteiger partial charge on any atom is -0.337 e. The highest BCUT2D eigenvalue weighted by Crippen LogP contribution is 2.30. The summed E-state index contributed by atoms with van der Waals surface area (Å²) in [6, 6.07) is 9.28. The molecular formula is C16H20N4O. The minimum absolute atomic E-state index is 0.0266. The molecular weight excluding hydrogens is 264 g/mol. The van der Waals surface area contributed by atoms with Crippen molar-refractivity contribution in [3.8, 4) is 0 Å². The number of benzene rings is 1. The van der Waals surface area contributed by atoms with Gasteiger partial charge in [-0.25, -0.2) is 0 Å². The minimum atomic E-state index is 0.0266. The zero-order valence-electron chi connectivity index (χ0n) is 12.2. The van der Waals surface area contributed by atoms with E-state index >= 15 is 0 Å². The fourth-order valence-corrected chi connectivity index (χ4v) is 3.80.